The molecule has 0 bridgehead atoms. The summed E-state index contributed by atoms with van der Waals surface area (Å²) in [5, 5.41) is 24.2. The van der Waals surface area contributed by atoms with Gasteiger partial charge in [-0.15, -0.1) is 0 Å². The Morgan fingerprint density at radius 1 is 0.500 bits per heavy atom. The number of aromatic nitrogens is 2. The molecule has 0 saturated carbocycles. The summed E-state index contributed by atoms with van der Waals surface area (Å²) < 4.78 is 4.81. The van der Waals surface area contributed by atoms with Gasteiger partial charge in [-0.2, -0.15) is 10.5 Å². The van der Waals surface area contributed by atoms with Gasteiger partial charge in [0.15, 0.2) is 0 Å². The van der Waals surface area contributed by atoms with Crippen LogP contribution in [-0.4, -0.2) is 15.2 Å². The van der Waals surface area contributed by atoms with E-state index < -0.39 is 0 Å². The molecule has 62 heavy (non-hydrogen) atoms. The Hall–Kier alpha value is -8.32. The minimum absolute atomic E-state index is 0.0157. The van der Waals surface area contributed by atoms with Gasteiger partial charge in [-0.05, 0) is 128 Å². The zero-order chi connectivity index (χ0) is 41.6. The van der Waals surface area contributed by atoms with Gasteiger partial charge in [0.25, 0.3) is 0 Å². The topological polar surface area (TPSA) is 63.9 Å². The number of anilines is 4. The molecule has 2 heterocycles. The van der Waals surface area contributed by atoms with Crippen molar-refractivity contribution < 1.29 is 0 Å². The first-order valence-corrected chi connectivity index (χ1v) is 21.1. The zero-order valence-electron chi connectivity index (χ0n) is 33.9. The Labute approximate surface area is 360 Å². The molecule has 6 nitrogen and oxygen atoms in total. The van der Waals surface area contributed by atoms with Gasteiger partial charge in [-0.3, -0.25) is 0 Å². The van der Waals surface area contributed by atoms with E-state index in [0.717, 1.165) is 58.0 Å². The molecule has 2 atom stereocenters. The van der Waals surface area contributed by atoms with E-state index in [4.69, 9.17) is 0 Å². The van der Waals surface area contributed by atoms with Crippen LogP contribution in [0.1, 0.15) is 30.0 Å². The van der Waals surface area contributed by atoms with Crippen LogP contribution in [0.4, 0.5) is 22.7 Å². The second-order valence-corrected chi connectivity index (χ2v) is 15.9. The van der Waals surface area contributed by atoms with Gasteiger partial charge in [0, 0.05) is 66.7 Å². The van der Waals surface area contributed by atoms with Crippen LogP contribution in [-0.2, 0) is 0 Å². The molecule has 0 N–H and O–H groups in total. The van der Waals surface area contributed by atoms with Crippen molar-refractivity contribution in [2.24, 2.45) is 0 Å². The summed E-state index contributed by atoms with van der Waals surface area (Å²) in [4.78, 5) is 4.69. The molecule has 2 unspecified atom stereocenters. The zero-order valence-corrected chi connectivity index (χ0v) is 33.9. The van der Waals surface area contributed by atoms with Crippen molar-refractivity contribution in [2.45, 2.75) is 24.9 Å². The van der Waals surface area contributed by atoms with Crippen LogP contribution in [0.2, 0.25) is 0 Å². The Kier molecular flexibility index (Phi) is 9.11. The van der Waals surface area contributed by atoms with E-state index in [0.29, 0.717) is 11.1 Å². The maximum Gasteiger partial charge on any atom is 0.0991 e. The quantitative estimate of drug-likeness (QED) is 0.154. The average Bonchev–Trinajstić information content (AvgIpc) is 3.85. The highest BCUT2D eigenvalue weighted by Crippen LogP contribution is 2.42. The smallest absolute Gasteiger partial charge is 0.0991 e. The van der Waals surface area contributed by atoms with E-state index in [1.807, 2.05) is 36.4 Å². The number of allylic oxidation sites excluding steroid dienone is 5. The fraction of sp³-hybridized carbons (Fsp3) is 0.0714. The van der Waals surface area contributed by atoms with Gasteiger partial charge in [-0.25, -0.2) is 0 Å². The van der Waals surface area contributed by atoms with Crippen LogP contribution >= 0.6 is 0 Å². The lowest BCUT2D eigenvalue weighted by molar-refractivity contribution is 0.648. The van der Waals surface area contributed by atoms with E-state index >= 15 is 0 Å². The molecule has 2 aliphatic carbocycles. The third-order valence-electron chi connectivity index (χ3n) is 12.4. The third-order valence-corrected chi connectivity index (χ3v) is 12.4. The van der Waals surface area contributed by atoms with Crippen molar-refractivity contribution >= 4 is 66.4 Å². The highest BCUT2D eigenvalue weighted by atomic mass is 15.2. The van der Waals surface area contributed by atoms with Gasteiger partial charge < -0.3 is 18.9 Å². The van der Waals surface area contributed by atoms with Crippen molar-refractivity contribution in [1.29, 1.82) is 10.5 Å². The van der Waals surface area contributed by atoms with Gasteiger partial charge in [-0.1, -0.05) is 91.1 Å². The molecule has 0 radical (unpaired) electrons. The molecule has 7 aromatic carbocycles. The summed E-state index contributed by atoms with van der Waals surface area (Å²) >= 11 is 0. The first kappa shape index (κ1) is 36.7. The maximum absolute atomic E-state index is 9.71. The Balaban J connectivity index is 1.01. The lowest BCUT2D eigenvalue weighted by Gasteiger charge is -2.35. The number of hydrogen-bond acceptors (Lipinski definition) is 4. The lowest BCUT2D eigenvalue weighted by atomic mass is 10.0. The molecule has 0 amide bonds. The Bertz CT molecular complexity index is 3380. The summed E-state index contributed by atoms with van der Waals surface area (Å²) in [7, 11) is 0. The normalized spacial score (nSPS) is 15.8. The molecule has 11 rings (SSSR count). The second kappa shape index (κ2) is 15.4. The van der Waals surface area contributed by atoms with E-state index in [-0.39, 0.29) is 12.1 Å². The molecule has 2 aliphatic rings. The molecule has 294 valence electrons. The minimum Gasteiger partial charge on any atom is -0.334 e. The van der Waals surface area contributed by atoms with Crippen LogP contribution in [0, 0.1) is 22.7 Å². The third kappa shape index (κ3) is 6.25. The monoisotopic (exact) mass is 796 g/mol. The average molecular weight is 797 g/mol. The SMILES string of the molecule is N#Cc1ccc(N(C2=CCC(N(c3ccc(C#N)cc3)c3ccc4c(c3)c3ccccc3n4C3C=CC=CC3)C=C2)c2ccc3c(c2)c2ccccc2n3-c2ccccc2)cc1. The molecule has 0 spiro atoms. The Morgan fingerprint density at radius 3 is 1.77 bits per heavy atom. The molecular formula is C56H40N6. The first-order valence-electron chi connectivity index (χ1n) is 21.1. The van der Waals surface area contributed by atoms with Gasteiger partial charge in [0.1, 0.15) is 0 Å². The van der Waals surface area contributed by atoms with E-state index in [2.05, 4.69) is 201 Å². The number of nitriles is 2. The second-order valence-electron chi connectivity index (χ2n) is 15.9. The van der Waals surface area contributed by atoms with Crippen LogP contribution in [0.15, 0.2) is 212 Å². The van der Waals surface area contributed by atoms with E-state index in [9.17, 15) is 10.5 Å². The summed E-state index contributed by atoms with van der Waals surface area (Å²) in [6, 6.07) is 62.0. The molecule has 0 fully saturated rings. The fourth-order valence-electron chi connectivity index (χ4n) is 9.53. The maximum atomic E-state index is 9.71. The lowest BCUT2D eigenvalue weighted by Crippen LogP contribution is -2.31. The summed E-state index contributed by atoms with van der Waals surface area (Å²) in [6.45, 7) is 0. The molecule has 0 aliphatic heterocycles. The standard InChI is InChI=1S/C56H40N6/c57-37-39-19-23-43(24-20-39)59(47-31-33-55-51(35-47)49-15-7-9-17-53(49)61(55)41-11-3-1-4-12-41)45-27-29-46(30-28-45)60(44-25-21-40(38-58)22-26-44)48-32-34-56-52(36-48)50-16-8-10-18-54(50)62(56)42-13-5-2-6-14-42/h1-13,15-29,31-36,42,46H,14,30H2. The minimum atomic E-state index is -0.0157. The number of nitrogens with zero attached hydrogens (tertiary/aromatic N) is 6. The van der Waals surface area contributed by atoms with Crippen LogP contribution < -0.4 is 9.80 Å². The first-order chi connectivity index (χ1) is 30.7. The Morgan fingerprint density at radius 2 is 1.08 bits per heavy atom. The van der Waals surface area contributed by atoms with Crippen LogP contribution in [0.25, 0.3) is 49.3 Å². The fourth-order valence-corrected chi connectivity index (χ4v) is 9.53. The van der Waals surface area contributed by atoms with Crippen LogP contribution in [0.3, 0.4) is 0 Å². The summed E-state index contributed by atoms with van der Waals surface area (Å²) in [6.07, 6.45) is 17.4. The molecule has 0 saturated heterocycles. The van der Waals surface area contributed by atoms with Crippen molar-refractivity contribution in [1.82, 2.24) is 9.13 Å². The number of para-hydroxylation sites is 3. The number of benzene rings is 7. The van der Waals surface area contributed by atoms with E-state index in [1.54, 1.807) is 0 Å². The summed E-state index contributed by atoms with van der Waals surface area (Å²) in [5.41, 5.74) is 12.2. The number of rotatable bonds is 8. The summed E-state index contributed by atoms with van der Waals surface area (Å²) in [5.74, 6) is 0. The predicted molar refractivity (Wildman–Crippen MR) is 254 cm³/mol. The van der Waals surface area contributed by atoms with Gasteiger partial charge in [0.05, 0.1) is 46.4 Å². The highest BCUT2D eigenvalue weighted by molar-refractivity contribution is 6.11. The highest BCUT2D eigenvalue weighted by Gasteiger charge is 2.26. The van der Waals surface area contributed by atoms with Crippen molar-refractivity contribution in [2.75, 3.05) is 9.80 Å². The van der Waals surface area contributed by atoms with Crippen molar-refractivity contribution in [3.8, 4) is 17.8 Å². The molecule has 2 aromatic heterocycles. The number of fused-ring (bicyclic) bond motifs is 6. The molecule has 6 heteroatoms. The van der Waals surface area contributed by atoms with E-state index in [1.165, 1.54) is 32.6 Å². The largest absolute Gasteiger partial charge is 0.334 e. The number of hydrogen-bond donors (Lipinski definition) is 0. The van der Waals surface area contributed by atoms with Crippen LogP contribution in [0.5, 0.6) is 0 Å². The van der Waals surface area contributed by atoms with Gasteiger partial charge in [0.2, 0.25) is 0 Å². The van der Waals surface area contributed by atoms with Gasteiger partial charge >= 0.3 is 0 Å². The van der Waals surface area contributed by atoms with Crippen molar-refractivity contribution in [3.05, 3.63) is 223 Å². The van der Waals surface area contributed by atoms with Crippen molar-refractivity contribution in [3.63, 3.8) is 0 Å². The molecule has 9 aromatic rings. The molecular weight excluding hydrogens is 757 g/mol. The predicted octanol–water partition coefficient (Wildman–Crippen LogP) is 13.9.